The molecule has 146 valence electrons. The van der Waals surface area contributed by atoms with Gasteiger partial charge in [-0.3, -0.25) is 0 Å². The van der Waals surface area contributed by atoms with E-state index >= 15 is 0 Å². The highest BCUT2D eigenvalue weighted by Gasteiger charge is 2.27. The molecular formula is C21H44O3. The van der Waals surface area contributed by atoms with Crippen LogP contribution in [0.3, 0.4) is 0 Å². The SMILES string of the molecule is CCCCOC[C@@H](C)C[C@H](OCCCC)[C@@H](OCCCC)C(C)C. The predicted molar refractivity (Wildman–Crippen MR) is 104 cm³/mol. The third kappa shape index (κ3) is 12.3. The maximum atomic E-state index is 6.25. The van der Waals surface area contributed by atoms with Crippen LogP contribution in [0.25, 0.3) is 0 Å². The van der Waals surface area contributed by atoms with E-state index in [1.807, 2.05) is 0 Å². The van der Waals surface area contributed by atoms with E-state index in [0.29, 0.717) is 11.8 Å². The molecule has 0 N–H and O–H groups in total. The van der Waals surface area contributed by atoms with Gasteiger partial charge in [0.2, 0.25) is 0 Å². The van der Waals surface area contributed by atoms with Crippen LogP contribution in [0.4, 0.5) is 0 Å². The Balaban J connectivity index is 4.53. The van der Waals surface area contributed by atoms with Crippen molar-refractivity contribution >= 4 is 0 Å². The molecule has 0 saturated carbocycles. The summed E-state index contributed by atoms with van der Waals surface area (Å²) in [5.74, 6) is 0.978. The molecule has 0 aliphatic carbocycles. The first kappa shape index (κ1) is 23.9. The first-order valence-corrected chi connectivity index (χ1v) is 10.4. The Morgan fingerprint density at radius 3 is 1.79 bits per heavy atom. The van der Waals surface area contributed by atoms with Gasteiger partial charge in [0.15, 0.2) is 0 Å². The topological polar surface area (TPSA) is 27.7 Å². The average Bonchev–Trinajstić information content (AvgIpc) is 2.55. The number of rotatable bonds is 17. The fourth-order valence-corrected chi connectivity index (χ4v) is 2.76. The van der Waals surface area contributed by atoms with Gasteiger partial charge < -0.3 is 14.2 Å². The van der Waals surface area contributed by atoms with Gasteiger partial charge in [-0.25, -0.2) is 0 Å². The van der Waals surface area contributed by atoms with E-state index in [2.05, 4.69) is 41.5 Å². The summed E-state index contributed by atoms with van der Waals surface area (Å²) in [5.41, 5.74) is 0. The van der Waals surface area contributed by atoms with E-state index in [9.17, 15) is 0 Å². The monoisotopic (exact) mass is 344 g/mol. The van der Waals surface area contributed by atoms with Crippen molar-refractivity contribution in [1.82, 2.24) is 0 Å². The number of hydrogen-bond donors (Lipinski definition) is 0. The lowest BCUT2D eigenvalue weighted by molar-refractivity contribution is -0.103. The highest BCUT2D eigenvalue weighted by molar-refractivity contribution is 4.77. The smallest absolute Gasteiger partial charge is 0.0859 e. The molecule has 3 atom stereocenters. The lowest BCUT2D eigenvalue weighted by Crippen LogP contribution is -2.38. The van der Waals surface area contributed by atoms with Crippen LogP contribution >= 0.6 is 0 Å². The minimum Gasteiger partial charge on any atom is -0.381 e. The number of hydrogen-bond acceptors (Lipinski definition) is 3. The zero-order valence-electron chi connectivity index (χ0n) is 17.3. The van der Waals surface area contributed by atoms with E-state index < -0.39 is 0 Å². The quantitative estimate of drug-likeness (QED) is 0.309. The molecule has 0 heterocycles. The Hall–Kier alpha value is -0.120. The van der Waals surface area contributed by atoms with Crippen molar-refractivity contribution in [3.05, 3.63) is 0 Å². The molecule has 0 fully saturated rings. The van der Waals surface area contributed by atoms with E-state index in [-0.39, 0.29) is 12.2 Å². The lowest BCUT2D eigenvalue weighted by atomic mass is 9.94. The van der Waals surface area contributed by atoms with Crippen molar-refractivity contribution in [3.8, 4) is 0 Å². The third-order valence-electron chi connectivity index (χ3n) is 4.34. The number of ether oxygens (including phenoxy) is 3. The Morgan fingerprint density at radius 2 is 1.25 bits per heavy atom. The molecule has 0 radical (unpaired) electrons. The van der Waals surface area contributed by atoms with Crippen molar-refractivity contribution in [2.45, 2.75) is 98.7 Å². The molecule has 0 unspecified atom stereocenters. The summed E-state index contributed by atoms with van der Waals surface area (Å²) >= 11 is 0. The summed E-state index contributed by atoms with van der Waals surface area (Å²) in [4.78, 5) is 0. The molecule has 3 nitrogen and oxygen atoms in total. The summed E-state index contributed by atoms with van der Waals surface area (Å²) in [6, 6.07) is 0. The van der Waals surface area contributed by atoms with Gasteiger partial charge in [-0.1, -0.05) is 60.8 Å². The van der Waals surface area contributed by atoms with Gasteiger partial charge in [-0.05, 0) is 37.5 Å². The molecule has 0 aliphatic rings. The zero-order valence-corrected chi connectivity index (χ0v) is 17.3. The maximum absolute atomic E-state index is 6.25. The second-order valence-electron chi connectivity index (χ2n) is 7.47. The fourth-order valence-electron chi connectivity index (χ4n) is 2.76. The Kier molecular flexibility index (Phi) is 16.3. The van der Waals surface area contributed by atoms with Gasteiger partial charge >= 0.3 is 0 Å². The zero-order chi connectivity index (χ0) is 18.2. The van der Waals surface area contributed by atoms with Crippen LogP contribution < -0.4 is 0 Å². The highest BCUT2D eigenvalue weighted by Crippen LogP contribution is 2.22. The molecule has 0 amide bonds. The maximum Gasteiger partial charge on any atom is 0.0859 e. The second-order valence-corrected chi connectivity index (χ2v) is 7.47. The number of unbranched alkanes of at least 4 members (excludes halogenated alkanes) is 3. The molecule has 0 aromatic carbocycles. The van der Waals surface area contributed by atoms with Gasteiger partial charge in [0.1, 0.15) is 0 Å². The molecule has 3 heteroatoms. The molecule has 0 aromatic heterocycles. The first-order chi connectivity index (χ1) is 11.6. The van der Waals surface area contributed by atoms with E-state index in [1.54, 1.807) is 0 Å². The van der Waals surface area contributed by atoms with Crippen molar-refractivity contribution in [2.24, 2.45) is 11.8 Å². The Morgan fingerprint density at radius 1 is 0.708 bits per heavy atom. The summed E-state index contributed by atoms with van der Waals surface area (Å²) in [6.07, 6.45) is 8.32. The van der Waals surface area contributed by atoms with Gasteiger partial charge in [-0.15, -0.1) is 0 Å². The average molecular weight is 345 g/mol. The van der Waals surface area contributed by atoms with Crippen LogP contribution in [-0.2, 0) is 14.2 Å². The first-order valence-electron chi connectivity index (χ1n) is 10.4. The Bertz CT molecular complexity index is 255. The highest BCUT2D eigenvalue weighted by atomic mass is 16.5. The molecule has 24 heavy (non-hydrogen) atoms. The van der Waals surface area contributed by atoms with Crippen LogP contribution in [0, 0.1) is 11.8 Å². The molecule has 0 aliphatic heterocycles. The van der Waals surface area contributed by atoms with Crippen LogP contribution in [0.15, 0.2) is 0 Å². The van der Waals surface area contributed by atoms with Crippen molar-refractivity contribution in [2.75, 3.05) is 26.4 Å². The summed E-state index contributed by atoms with van der Waals surface area (Å²) in [5, 5.41) is 0. The minimum absolute atomic E-state index is 0.179. The molecule has 0 rings (SSSR count). The predicted octanol–water partition coefficient (Wildman–Crippen LogP) is 5.86. The van der Waals surface area contributed by atoms with E-state index in [0.717, 1.165) is 52.1 Å². The van der Waals surface area contributed by atoms with Gasteiger partial charge in [0.25, 0.3) is 0 Å². The van der Waals surface area contributed by atoms with Gasteiger partial charge in [-0.2, -0.15) is 0 Å². The minimum atomic E-state index is 0.179. The van der Waals surface area contributed by atoms with Crippen molar-refractivity contribution < 1.29 is 14.2 Å². The van der Waals surface area contributed by atoms with Gasteiger partial charge in [0.05, 0.1) is 12.2 Å². The molecule has 0 spiro atoms. The largest absolute Gasteiger partial charge is 0.381 e. The Labute approximate surface area is 151 Å². The summed E-state index contributed by atoms with van der Waals surface area (Å²) in [7, 11) is 0. The van der Waals surface area contributed by atoms with Crippen molar-refractivity contribution in [3.63, 3.8) is 0 Å². The van der Waals surface area contributed by atoms with Crippen LogP contribution in [0.5, 0.6) is 0 Å². The standard InChI is InChI=1S/C21H44O3/c1-7-10-13-22-17-19(6)16-20(23-14-11-8-2)21(18(4)5)24-15-12-9-3/h18-21H,7-17H2,1-6H3/t19-,20-,21-/m0/s1. The summed E-state index contributed by atoms with van der Waals surface area (Å²) in [6.45, 7) is 16.8. The molecular weight excluding hydrogens is 300 g/mol. The van der Waals surface area contributed by atoms with E-state index in [1.165, 1.54) is 19.3 Å². The van der Waals surface area contributed by atoms with Crippen LogP contribution in [0.2, 0.25) is 0 Å². The summed E-state index contributed by atoms with van der Waals surface area (Å²) < 4.78 is 18.3. The van der Waals surface area contributed by atoms with Crippen LogP contribution in [-0.4, -0.2) is 38.6 Å². The normalized spacial score (nSPS) is 15.6. The molecule has 0 aromatic rings. The molecule has 0 bridgehead atoms. The van der Waals surface area contributed by atoms with Crippen LogP contribution in [0.1, 0.15) is 86.5 Å². The van der Waals surface area contributed by atoms with Crippen molar-refractivity contribution in [1.29, 1.82) is 0 Å². The second kappa shape index (κ2) is 16.4. The third-order valence-corrected chi connectivity index (χ3v) is 4.34. The van der Waals surface area contributed by atoms with Gasteiger partial charge in [0, 0.05) is 26.4 Å². The lowest BCUT2D eigenvalue weighted by Gasteiger charge is -2.32. The fraction of sp³-hybridized carbons (Fsp3) is 1.00. The molecule has 0 saturated heterocycles. The van der Waals surface area contributed by atoms with E-state index in [4.69, 9.17) is 14.2 Å².